The Morgan fingerprint density at radius 3 is 2.10 bits per heavy atom. The van der Waals surface area contributed by atoms with E-state index in [-0.39, 0.29) is 42.7 Å². The van der Waals surface area contributed by atoms with E-state index < -0.39 is 38.2 Å². The van der Waals surface area contributed by atoms with Crippen LogP contribution < -0.4 is 5.32 Å². The molecule has 1 N–H and O–H groups in total. The van der Waals surface area contributed by atoms with E-state index in [4.69, 9.17) is 0 Å². The Morgan fingerprint density at radius 1 is 1.07 bits per heavy atom. The minimum Gasteiger partial charge on any atom is -0.346 e. The van der Waals surface area contributed by atoms with E-state index >= 15 is 0 Å². The molecule has 29 heavy (non-hydrogen) atoms. The number of benzene rings is 1. The summed E-state index contributed by atoms with van der Waals surface area (Å²) >= 11 is 0. The molecule has 0 unspecified atom stereocenters. The number of piperazine rings is 1. The first-order valence-corrected chi connectivity index (χ1v) is 10.7. The van der Waals surface area contributed by atoms with E-state index in [0.29, 0.717) is 0 Å². The van der Waals surface area contributed by atoms with Gasteiger partial charge in [-0.05, 0) is 19.9 Å². The highest BCUT2D eigenvalue weighted by Gasteiger charge is 2.29. The number of hydrogen-bond donors (Lipinski definition) is 1. The van der Waals surface area contributed by atoms with E-state index in [1.165, 1.54) is 9.80 Å². The molecule has 11 nitrogen and oxygen atoms in total. The van der Waals surface area contributed by atoms with Crippen molar-refractivity contribution in [2.45, 2.75) is 24.8 Å². The van der Waals surface area contributed by atoms with Crippen LogP contribution in [0.25, 0.3) is 0 Å². The molecule has 0 aromatic heterocycles. The van der Waals surface area contributed by atoms with E-state index in [0.717, 1.165) is 24.5 Å². The molecule has 1 heterocycles. The van der Waals surface area contributed by atoms with Gasteiger partial charge in [-0.15, -0.1) is 0 Å². The molecular formula is C17H22N4O7S. The molecule has 0 bridgehead atoms. The molecule has 0 atom stereocenters. The molecule has 3 amide bonds. The van der Waals surface area contributed by atoms with Gasteiger partial charge in [-0.1, -0.05) is 0 Å². The van der Waals surface area contributed by atoms with Crippen LogP contribution >= 0.6 is 0 Å². The number of nitro benzene ring substituents is 1. The monoisotopic (exact) mass is 426 g/mol. The van der Waals surface area contributed by atoms with Gasteiger partial charge in [0, 0.05) is 56.2 Å². The Labute approximate surface area is 167 Å². The number of nitro groups is 1. The fourth-order valence-electron chi connectivity index (χ4n) is 2.79. The average Bonchev–Trinajstić information content (AvgIpc) is 2.65. The van der Waals surface area contributed by atoms with Gasteiger partial charge in [0.1, 0.15) is 0 Å². The first kappa shape index (κ1) is 22.3. The largest absolute Gasteiger partial charge is 0.346 e. The number of non-ortho nitro benzene ring substituents is 1. The van der Waals surface area contributed by atoms with Crippen LogP contribution in [0.5, 0.6) is 0 Å². The van der Waals surface area contributed by atoms with Crippen molar-refractivity contribution < 1.29 is 27.7 Å². The third kappa shape index (κ3) is 5.50. The number of amides is 3. The summed E-state index contributed by atoms with van der Waals surface area (Å²) in [6.45, 7) is 3.90. The highest BCUT2D eigenvalue weighted by Crippen LogP contribution is 2.22. The molecule has 158 valence electrons. The molecule has 0 spiro atoms. The van der Waals surface area contributed by atoms with Crippen molar-refractivity contribution in [3.8, 4) is 0 Å². The highest BCUT2D eigenvalue weighted by atomic mass is 32.2. The second-order valence-corrected chi connectivity index (χ2v) is 8.97. The van der Waals surface area contributed by atoms with Crippen LogP contribution in [0.2, 0.25) is 0 Å². The predicted molar refractivity (Wildman–Crippen MR) is 102 cm³/mol. The van der Waals surface area contributed by atoms with E-state index in [2.05, 4.69) is 5.32 Å². The second kappa shape index (κ2) is 8.55. The van der Waals surface area contributed by atoms with Crippen molar-refractivity contribution in [3.05, 3.63) is 33.9 Å². The summed E-state index contributed by atoms with van der Waals surface area (Å²) in [5.74, 6) is -2.01. The van der Waals surface area contributed by atoms with Crippen molar-refractivity contribution in [3.63, 3.8) is 0 Å². The third-order valence-electron chi connectivity index (χ3n) is 4.25. The fraction of sp³-hybridized carbons (Fsp3) is 0.471. The van der Waals surface area contributed by atoms with Gasteiger partial charge in [0.15, 0.2) is 9.84 Å². The van der Waals surface area contributed by atoms with Gasteiger partial charge in [-0.25, -0.2) is 8.42 Å². The van der Waals surface area contributed by atoms with Gasteiger partial charge in [-0.3, -0.25) is 24.5 Å². The van der Waals surface area contributed by atoms with Gasteiger partial charge in [-0.2, -0.15) is 0 Å². The van der Waals surface area contributed by atoms with Gasteiger partial charge >= 0.3 is 11.8 Å². The van der Waals surface area contributed by atoms with Crippen LogP contribution in [0.1, 0.15) is 24.2 Å². The van der Waals surface area contributed by atoms with Crippen LogP contribution in [0.3, 0.4) is 0 Å². The lowest BCUT2D eigenvalue weighted by Crippen LogP contribution is -2.54. The smallest absolute Gasteiger partial charge is 0.312 e. The van der Waals surface area contributed by atoms with Crippen LogP contribution in [0.4, 0.5) is 5.69 Å². The van der Waals surface area contributed by atoms with Crippen molar-refractivity contribution in [1.82, 2.24) is 15.1 Å². The quantitative estimate of drug-likeness (QED) is 0.398. The lowest BCUT2D eigenvalue weighted by Gasteiger charge is -2.34. The van der Waals surface area contributed by atoms with Crippen LogP contribution in [-0.4, -0.2) is 79.3 Å². The highest BCUT2D eigenvalue weighted by molar-refractivity contribution is 7.90. The molecule has 12 heteroatoms. The number of carbonyl (C=O) groups excluding carboxylic acids is 3. The Hall–Kier alpha value is -3.02. The number of carbonyl (C=O) groups is 3. The van der Waals surface area contributed by atoms with Crippen LogP contribution in [-0.2, 0) is 19.4 Å². The molecule has 0 radical (unpaired) electrons. The summed E-state index contributed by atoms with van der Waals surface area (Å²) in [5.41, 5.74) is -0.632. The Balaban J connectivity index is 2.15. The molecule has 1 aliphatic heterocycles. The first-order chi connectivity index (χ1) is 13.4. The van der Waals surface area contributed by atoms with Gasteiger partial charge in [0.25, 0.3) is 11.6 Å². The van der Waals surface area contributed by atoms with Gasteiger partial charge in [0.2, 0.25) is 0 Å². The number of rotatable bonds is 4. The predicted octanol–water partition coefficient (Wildman–Crippen LogP) is -0.193. The SMILES string of the molecule is CC(C)NC(=O)C(=O)N1CCN(C(=O)c2cc([N+](=O)[O-])cc(S(C)(=O)=O)c2)CC1. The molecule has 1 aliphatic rings. The van der Waals surface area contributed by atoms with E-state index in [9.17, 15) is 32.9 Å². The Kier molecular flexibility index (Phi) is 6.57. The molecular weight excluding hydrogens is 404 g/mol. The maximum absolute atomic E-state index is 12.7. The van der Waals surface area contributed by atoms with Crippen LogP contribution in [0.15, 0.2) is 23.1 Å². The van der Waals surface area contributed by atoms with Crippen molar-refractivity contribution in [2.24, 2.45) is 0 Å². The summed E-state index contributed by atoms with van der Waals surface area (Å²) in [7, 11) is -3.76. The number of sulfone groups is 1. The third-order valence-corrected chi connectivity index (χ3v) is 5.34. The zero-order chi connectivity index (χ0) is 21.9. The summed E-state index contributed by atoms with van der Waals surface area (Å²) in [6.07, 6.45) is 0.896. The molecule has 0 saturated carbocycles. The molecule has 1 aromatic carbocycles. The second-order valence-electron chi connectivity index (χ2n) is 6.96. The lowest BCUT2D eigenvalue weighted by atomic mass is 10.1. The maximum atomic E-state index is 12.7. The molecule has 1 fully saturated rings. The normalized spacial score (nSPS) is 14.6. The molecule has 1 aromatic rings. The summed E-state index contributed by atoms with van der Waals surface area (Å²) in [5, 5.41) is 13.6. The molecule has 0 aliphatic carbocycles. The standard InChI is InChI=1S/C17H22N4O7S/c1-11(2)18-15(22)17(24)20-6-4-19(5-7-20)16(23)12-8-13(21(25)26)10-14(9-12)29(3,27)28/h8-11H,4-7H2,1-3H3,(H,18,22). The number of hydrogen-bond acceptors (Lipinski definition) is 7. The van der Waals surface area contributed by atoms with E-state index in [1.54, 1.807) is 13.8 Å². The number of nitrogens with zero attached hydrogens (tertiary/aromatic N) is 3. The Morgan fingerprint density at radius 2 is 1.62 bits per heavy atom. The van der Waals surface area contributed by atoms with Crippen LogP contribution in [0, 0.1) is 10.1 Å². The topological polar surface area (TPSA) is 147 Å². The minimum atomic E-state index is -3.76. The molecule has 2 rings (SSSR count). The van der Waals surface area contributed by atoms with Gasteiger partial charge < -0.3 is 15.1 Å². The van der Waals surface area contributed by atoms with Crippen molar-refractivity contribution >= 4 is 33.2 Å². The summed E-state index contributed by atoms with van der Waals surface area (Å²) in [4.78, 5) is 49.4. The van der Waals surface area contributed by atoms with Gasteiger partial charge in [0.05, 0.1) is 9.82 Å². The van der Waals surface area contributed by atoms with E-state index in [1.807, 2.05) is 0 Å². The van der Waals surface area contributed by atoms with Crippen molar-refractivity contribution in [2.75, 3.05) is 32.4 Å². The first-order valence-electron chi connectivity index (χ1n) is 8.78. The minimum absolute atomic E-state index is 0.108. The lowest BCUT2D eigenvalue weighted by molar-refractivity contribution is -0.385. The fourth-order valence-corrected chi connectivity index (χ4v) is 3.46. The maximum Gasteiger partial charge on any atom is 0.312 e. The zero-order valence-electron chi connectivity index (χ0n) is 16.2. The summed E-state index contributed by atoms with van der Waals surface area (Å²) < 4.78 is 23.6. The zero-order valence-corrected chi connectivity index (χ0v) is 17.1. The van der Waals surface area contributed by atoms with Crippen molar-refractivity contribution in [1.29, 1.82) is 0 Å². The summed E-state index contributed by atoms with van der Waals surface area (Å²) in [6, 6.07) is 2.83. The Bertz CT molecular complexity index is 951. The number of nitrogens with one attached hydrogen (secondary N) is 1. The average molecular weight is 426 g/mol. The molecule has 1 saturated heterocycles.